The summed E-state index contributed by atoms with van der Waals surface area (Å²) < 4.78 is 5.00. The number of benzene rings is 1. The maximum Gasteiger partial charge on any atom is 0.349 e. The summed E-state index contributed by atoms with van der Waals surface area (Å²) in [5.41, 5.74) is 5.07. The molecular formula is C24H24N4O3. The molecule has 3 heterocycles. The Morgan fingerprint density at radius 3 is 2.81 bits per heavy atom. The van der Waals surface area contributed by atoms with Crippen molar-refractivity contribution in [3.8, 4) is 11.9 Å². The van der Waals surface area contributed by atoms with E-state index in [1.54, 1.807) is 18.3 Å². The van der Waals surface area contributed by atoms with Crippen molar-refractivity contribution in [3.63, 3.8) is 0 Å². The second kappa shape index (κ2) is 6.91. The summed E-state index contributed by atoms with van der Waals surface area (Å²) in [6.45, 7) is 4.38. The van der Waals surface area contributed by atoms with Gasteiger partial charge in [0.25, 0.3) is 0 Å². The number of hydrogen-bond donors (Lipinski definition) is 1. The van der Waals surface area contributed by atoms with Crippen LogP contribution in [-0.4, -0.2) is 24.5 Å². The number of hydrogen-bond acceptors (Lipinski definition) is 6. The standard InChI is InChI=1S/C24H24N4O3/c1-13-11-26-23(31-12-15-5-4-6-15)21-20-17-8-7-16(10-25)9-18(17)28(3,30)24(29)19(20)14(2)27-22(13)21/h7-9,11,15,20,27H,4-6,12H2,1-3H3/t20-,28?/m0/s1. The Labute approximate surface area is 181 Å². The van der Waals surface area contributed by atoms with E-state index < -0.39 is 16.5 Å². The minimum atomic E-state index is -1.18. The first-order valence-corrected chi connectivity index (χ1v) is 10.6. The summed E-state index contributed by atoms with van der Waals surface area (Å²) in [6.07, 6.45) is 5.32. The molecule has 5 rings (SSSR count). The molecule has 1 fully saturated rings. The lowest BCUT2D eigenvalue weighted by Crippen LogP contribution is -2.51. The number of ether oxygens (including phenoxy) is 1. The van der Waals surface area contributed by atoms with E-state index in [-0.39, 0.29) is 0 Å². The molecule has 1 amide bonds. The molecule has 1 N–H and O–H groups in total. The second-order valence-corrected chi connectivity index (χ2v) is 8.85. The summed E-state index contributed by atoms with van der Waals surface area (Å²) in [6, 6.07) is 7.10. The number of nitrogens with zero attached hydrogens (tertiary/aromatic N) is 3. The Morgan fingerprint density at radius 2 is 2.13 bits per heavy atom. The summed E-state index contributed by atoms with van der Waals surface area (Å²) in [5, 5.41) is 26.1. The molecular weight excluding hydrogens is 392 g/mol. The zero-order chi connectivity index (χ0) is 21.9. The molecule has 31 heavy (non-hydrogen) atoms. The Bertz CT molecular complexity index is 1190. The fraction of sp³-hybridized carbons (Fsp3) is 0.375. The van der Waals surface area contributed by atoms with Crippen molar-refractivity contribution in [2.45, 2.75) is 39.0 Å². The molecule has 0 saturated heterocycles. The van der Waals surface area contributed by atoms with Crippen LogP contribution in [0.4, 0.5) is 11.4 Å². The smallest absolute Gasteiger partial charge is 0.349 e. The maximum absolute atomic E-state index is 13.4. The molecule has 0 bridgehead atoms. The Hall–Kier alpha value is -3.21. The number of aryl methyl sites for hydroxylation is 1. The third-order valence-electron chi connectivity index (χ3n) is 6.79. The third kappa shape index (κ3) is 2.87. The zero-order valence-corrected chi connectivity index (χ0v) is 17.9. The van der Waals surface area contributed by atoms with E-state index in [4.69, 9.17) is 4.74 Å². The Kier molecular flexibility index (Phi) is 4.40. The molecule has 1 unspecified atom stereocenters. The number of allylic oxidation sites excluding steroid dienone is 1. The Morgan fingerprint density at radius 1 is 1.35 bits per heavy atom. The summed E-state index contributed by atoms with van der Waals surface area (Å²) in [5.74, 6) is 0.0392. The summed E-state index contributed by atoms with van der Waals surface area (Å²) >= 11 is 0. The van der Waals surface area contributed by atoms with Crippen LogP contribution in [0, 0.1) is 29.4 Å². The molecule has 7 heteroatoms. The van der Waals surface area contributed by atoms with Crippen LogP contribution in [0.15, 0.2) is 35.7 Å². The first-order valence-electron chi connectivity index (χ1n) is 10.6. The number of aromatic nitrogens is 1. The van der Waals surface area contributed by atoms with E-state index in [9.17, 15) is 15.3 Å². The lowest BCUT2D eigenvalue weighted by Gasteiger charge is -2.45. The number of nitriles is 1. The molecule has 1 aliphatic carbocycles. The topological polar surface area (TPSA) is 98.1 Å². The number of hydroxylamine groups is 2. The van der Waals surface area contributed by atoms with Gasteiger partial charge >= 0.3 is 5.91 Å². The van der Waals surface area contributed by atoms with Gasteiger partial charge in [0.1, 0.15) is 5.69 Å². The molecule has 3 aliphatic rings. The first-order chi connectivity index (χ1) is 14.8. The van der Waals surface area contributed by atoms with Gasteiger partial charge in [-0.05, 0) is 44.2 Å². The third-order valence-corrected chi connectivity index (χ3v) is 6.79. The average molecular weight is 416 g/mol. The largest absolute Gasteiger partial charge is 0.620 e. The van der Waals surface area contributed by atoms with E-state index in [0.717, 1.165) is 29.7 Å². The van der Waals surface area contributed by atoms with Gasteiger partial charge < -0.3 is 15.3 Å². The molecule has 1 aromatic carbocycles. The van der Waals surface area contributed by atoms with Crippen molar-refractivity contribution >= 4 is 17.3 Å². The van der Waals surface area contributed by atoms with Crippen LogP contribution in [0.25, 0.3) is 0 Å². The fourth-order valence-electron chi connectivity index (χ4n) is 4.79. The van der Waals surface area contributed by atoms with Crippen LogP contribution >= 0.6 is 0 Å². The second-order valence-electron chi connectivity index (χ2n) is 8.85. The maximum atomic E-state index is 13.4. The molecule has 1 aromatic heterocycles. The van der Waals surface area contributed by atoms with Crippen LogP contribution in [0.3, 0.4) is 0 Å². The van der Waals surface area contributed by atoms with E-state index >= 15 is 0 Å². The number of quaternary nitrogens is 1. The monoisotopic (exact) mass is 416 g/mol. The van der Waals surface area contributed by atoms with Crippen molar-refractivity contribution in [2.24, 2.45) is 5.92 Å². The Balaban J connectivity index is 1.73. The average Bonchev–Trinajstić information content (AvgIpc) is 2.72. The number of pyridine rings is 1. The highest BCUT2D eigenvalue weighted by atomic mass is 16.6. The predicted octanol–water partition coefficient (Wildman–Crippen LogP) is 4.25. The lowest BCUT2D eigenvalue weighted by atomic mass is 9.76. The van der Waals surface area contributed by atoms with Crippen LogP contribution in [-0.2, 0) is 4.79 Å². The van der Waals surface area contributed by atoms with Gasteiger partial charge in [0.2, 0.25) is 5.88 Å². The molecule has 2 aliphatic heterocycles. The van der Waals surface area contributed by atoms with Crippen molar-refractivity contribution in [1.29, 1.82) is 5.26 Å². The predicted molar refractivity (Wildman–Crippen MR) is 117 cm³/mol. The van der Waals surface area contributed by atoms with Gasteiger partial charge in [-0.1, -0.05) is 12.5 Å². The summed E-state index contributed by atoms with van der Waals surface area (Å²) in [4.78, 5) is 18.0. The zero-order valence-electron chi connectivity index (χ0n) is 17.9. The van der Waals surface area contributed by atoms with Crippen molar-refractivity contribution in [2.75, 3.05) is 19.0 Å². The van der Waals surface area contributed by atoms with Crippen molar-refractivity contribution in [3.05, 3.63) is 63.1 Å². The number of likely N-dealkylation sites (N-methyl/N-ethyl adjacent to an activating group) is 1. The number of carbonyl (C=O) groups excluding carboxylic acids is 1. The number of nitrogens with one attached hydrogen (secondary N) is 1. The number of amides is 1. The van der Waals surface area contributed by atoms with Crippen molar-refractivity contribution < 1.29 is 9.53 Å². The van der Waals surface area contributed by atoms with Gasteiger partial charge in [-0.15, -0.1) is 0 Å². The first kappa shape index (κ1) is 19.7. The highest BCUT2D eigenvalue weighted by Gasteiger charge is 2.48. The van der Waals surface area contributed by atoms with E-state index in [2.05, 4.69) is 16.4 Å². The minimum absolute atomic E-state index is 0.296. The van der Waals surface area contributed by atoms with Gasteiger partial charge in [0.05, 0.1) is 48.0 Å². The number of fused-ring (bicyclic) bond motifs is 5. The molecule has 1 saturated carbocycles. The highest BCUT2D eigenvalue weighted by molar-refractivity contribution is 6.09. The van der Waals surface area contributed by atoms with Crippen LogP contribution in [0.1, 0.15) is 54.4 Å². The molecule has 2 aromatic rings. The van der Waals surface area contributed by atoms with Gasteiger partial charge in [0, 0.05) is 23.5 Å². The fourth-order valence-corrected chi connectivity index (χ4v) is 4.79. The molecule has 158 valence electrons. The van der Waals surface area contributed by atoms with Crippen LogP contribution in [0.2, 0.25) is 0 Å². The van der Waals surface area contributed by atoms with Crippen LogP contribution < -0.4 is 14.7 Å². The molecule has 2 atom stereocenters. The normalized spacial score (nSPS) is 24.4. The van der Waals surface area contributed by atoms with Gasteiger partial charge in [-0.2, -0.15) is 5.26 Å². The van der Waals surface area contributed by atoms with E-state index in [1.807, 2.05) is 13.8 Å². The van der Waals surface area contributed by atoms with Crippen LogP contribution in [0.5, 0.6) is 5.88 Å². The SMILES string of the molecule is CC1=C2C(=O)[N+](C)([O-])c3cc(C#N)ccc3[C@@H]2c2c(OCC3CCC3)ncc(C)c2N1. The number of anilines is 1. The van der Waals surface area contributed by atoms with E-state index in [0.29, 0.717) is 46.5 Å². The molecule has 0 radical (unpaired) electrons. The molecule has 7 nitrogen and oxygen atoms in total. The quantitative estimate of drug-likeness (QED) is 0.593. The number of rotatable bonds is 3. The molecule has 0 spiro atoms. The number of carbonyl (C=O) groups is 1. The van der Waals surface area contributed by atoms with Gasteiger partial charge in [-0.25, -0.2) is 9.78 Å². The lowest BCUT2D eigenvalue weighted by molar-refractivity contribution is -0.123. The van der Waals surface area contributed by atoms with Gasteiger partial charge in [0.15, 0.2) is 0 Å². The van der Waals surface area contributed by atoms with E-state index in [1.165, 1.54) is 19.5 Å². The summed E-state index contributed by atoms with van der Waals surface area (Å²) in [7, 11) is 1.33. The van der Waals surface area contributed by atoms with Gasteiger partial charge in [-0.3, -0.25) is 4.65 Å². The highest BCUT2D eigenvalue weighted by Crippen LogP contribution is 2.53. The minimum Gasteiger partial charge on any atom is -0.620 e. The van der Waals surface area contributed by atoms with Crippen molar-refractivity contribution in [1.82, 2.24) is 9.63 Å².